The molecule has 0 amide bonds. The molecule has 1 aromatic rings. The Morgan fingerprint density at radius 1 is 1.10 bits per heavy atom. The lowest BCUT2D eigenvalue weighted by molar-refractivity contribution is 0.0870. The van der Waals surface area contributed by atoms with E-state index in [1.807, 2.05) is 56.2 Å². The van der Waals surface area contributed by atoms with Crippen LogP contribution in [0.25, 0.3) is 0 Å². The van der Waals surface area contributed by atoms with Crippen LogP contribution in [0.4, 0.5) is 0 Å². The molecule has 6 heteroatoms. The fourth-order valence-electron chi connectivity index (χ4n) is 2.12. The molecule has 0 aliphatic rings. The minimum absolute atomic E-state index is 0. The van der Waals surface area contributed by atoms with Gasteiger partial charge in [-0.1, -0.05) is 12.1 Å². The summed E-state index contributed by atoms with van der Waals surface area (Å²) < 4.78 is 5.17. The summed E-state index contributed by atoms with van der Waals surface area (Å²) in [4.78, 5) is 16.7. The van der Waals surface area contributed by atoms with Crippen molar-refractivity contribution >= 4 is 30.6 Å². The highest BCUT2D eigenvalue weighted by Gasteiger charge is 2.21. The van der Waals surface area contributed by atoms with Crippen molar-refractivity contribution in [3.05, 3.63) is 29.8 Å². The van der Waals surface area contributed by atoms with E-state index in [2.05, 4.69) is 0 Å². The fraction of sp³-hybridized carbons (Fsp3) is 0.533. The first-order chi connectivity index (χ1) is 8.93. The molecule has 4 nitrogen and oxygen atoms in total. The summed E-state index contributed by atoms with van der Waals surface area (Å²) in [5.74, 6) is 0.859. The van der Waals surface area contributed by atoms with Crippen LogP contribution < -0.4 is 4.74 Å². The van der Waals surface area contributed by atoms with E-state index in [1.165, 1.54) is 0 Å². The Morgan fingerprint density at radius 3 is 2.05 bits per heavy atom. The minimum atomic E-state index is -0.0305. The van der Waals surface area contributed by atoms with Gasteiger partial charge in [0.05, 0.1) is 7.11 Å². The molecule has 0 heterocycles. The molecule has 1 aromatic carbocycles. The second-order valence-electron chi connectivity index (χ2n) is 5.32. The van der Waals surface area contributed by atoms with Crippen LogP contribution in [0.3, 0.4) is 0 Å². The summed E-state index contributed by atoms with van der Waals surface area (Å²) in [5.41, 5.74) is 0.716. The number of nitrogens with zero attached hydrogens (tertiary/aromatic N) is 2. The quantitative estimate of drug-likeness (QED) is 0.716. The second-order valence-corrected chi connectivity index (χ2v) is 5.32. The van der Waals surface area contributed by atoms with Crippen molar-refractivity contribution in [2.75, 3.05) is 48.4 Å². The average Bonchev–Trinajstić information content (AvgIpc) is 2.36. The number of carbonyl (C=O) groups is 1. The van der Waals surface area contributed by atoms with Gasteiger partial charge in [-0.15, -0.1) is 24.8 Å². The van der Waals surface area contributed by atoms with Gasteiger partial charge in [0.25, 0.3) is 0 Å². The zero-order valence-electron chi connectivity index (χ0n) is 13.3. The summed E-state index contributed by atoms with van der Waals surface area (Å²) in [5, 5.41) is 0. The molecule has 0 bridgehead atoms. The van der Waals surface area contributed by atoms with Crippen molar-refractivity contribution in [3.8, 4) is 5.75 Å². The number of halogens is 2. The third-order valence-electron chi connectivity index (χ3n) is 2.90. The molecule has 1 rings (SSSR count). The second kappa shape index (κ2) is 10.9. The zero-order chi connectivity index (χ0) is 14.4. The molecule has 0 aliphatic carbocycles. The Bertz CT molecular complexity index is 416. The van der Waals surface area contributed by atoms with Gasteiger partial charge in [0.2, 0.25) is 0 Å². The van der Waals surface area contributed by atoms with Crippen molar-refractivity contribution in [2.45, 2.75) is 0 Å². The van der Waals surface area contributed by atoms with E-state index in [0.717, 1.165) is 18.8 Å². The SMILES string of the molecule is COc1cccc(C(=O)C(CN(C)C)CN(C)C)c1.Cl.Cl. The topological polar surface area (TPSA) is 32.8 Å². The third-order valence-corrected chi connectivity index (χ3v) is 2.90. The lowest BCUT2D eigenvalue weighted by Gasteiger charge is -2.23. The van der Waals surface area contributed by atoms with Crippen LogP contribution in [0.1, 0.15) is 10.4 Å². The number of hydrogen-bond acceptors (Lipinski definition) is 4. The first-order valence-corrected chi connectivity index (χ1v) is 6.41. The van der Waals surface area contributed by atoms with Crippen molar-refractivity contribution in [3.63, 3.8) is 0 Å². The lowest BCUT2D eigenvalue weighted by Crippen LogP contribution is -2.35. The van der Waals surface area contributed by atoms with Crippen molar-refractivity contribution in [1.29, 1.82) is 0 Å². The molecule has 0 saturated heterocycles. The highest BCUT2D eigenvalue weighted by atomic mass is 35.5. The Kier molecular flexibility index (Phi) is 11.6. The molecule has 0 spiro atoms. The molecule has 122 valence electrons. The Hall–Kier alpha value is -0.810. The van der Waals surface area contributed by atoms with Gasteiger partial charge in [-0.3, -0.25) is 4.79 Å². The Labute approximate surface area is 140 Å². The van der Waals surface area contributed by atoms with Gasteiger partial charge in [-0.25, -0.2) is 0 Å². The van der Waals surface area contributed by atoms with Gasteiger partial charge in [0.15, 0.2) is 5.78 Å². The van der Waals surface area contributed by atoms with Crippen molar-refractivity contribution < 1.29 is 9.53 Å². The molecule has 0 aliphatic heterocycles. The van der Waals surface area contributed by atoms with E-state index >= 15 is 0 Å². The number of Topliss-reactive ketones (excluding diaryl/α,β-unsaturated/α-hetero) is 1. The first kappa shape index (κ1) is 22.5. The maximum Gasteiger partial charge on any atom is 0.168 e. The molecular weight excluding hydrogens is 311 g/mol. The van der Waals surface area contributed by atoms with E-state index in [9.17, 15) is 4.79 Å². The summed E-state index contributed by atoms with van der Waals surface area (Å²) in [6.07, 6.45) is 0. The van der Waals surface area contributed by atoms with Gasteiger partial charge in [-0.2, -0.15) is 0 Å². The zero-order valence-corrected chi connectivity index (χ0v) is 15.0. The molecule has 0 atom stereocenters. The molecule has 0 aromatic heterocycles. The Morgan fingerprint density at radius 2 is 1.62 bits per heavy atom. The molecule has 0 unspecified atom stereocenters. The van der Waals surface area contributed by atoms with E-state index in [4.69, 9.17) is 4.74 Å². The van der Waals surface area contributed by atoms with Crippen molar-refractivity contribution in [1.82, 2.24) is 9.80 Å². The van der Waals surface area contributed by atoms with Crippen LogP contribution in [0.2, 0.25) is 0 Å². The number of benzene rings is 1. The summed E-state index contributed by atoms with van der Waals surface area (Å²) in [7, 11) is 9.56. The van der Waals surface area contributed by atoms with Gasteiger partial charge >= 0.3 is 0 Å². The third kappa shape index (κ3) is 7.67. The summed E-state index contributed by atoms with van der Waals surface area (Å²) in [6.45, 7) is 1.49. The molecule has 0 radical (unpaired) electrons. The average molecular weight is 337 g/mol. The fourth-order valence-corrected chi connectivity index (χ4v) is 2.12. The van der Waals surface area contributed by atoms with Crippen LogP contribution in [0, 0.1) is 5.92 Å². The molecular formula is C15H26Cl2N2O2. The van der Waals surface area contributed by atoms with Gasteiger partial charge < -0.3 is 14.5 Å². The number of carbonyl (C=O) groups excluding carboxylic acids is 1. The number of ketones is 1. The van der Waals surface area contributed by atoms with Crippen LogP contribution in [0.15, 0.2) is 24.3 Å². The van der Waals surface area contributed by atoms with Crippen LogP contribution >= 0.6 is 24.8 Å². The highest BCUT2D eigenvalue weighted by Crippen LogP contribution is 2.17. The van der Waals surface area contributed by atoms with E-state index in [0.29, 0.717) is 5.56 Å². The Balaban J connectivity index is 0. The highest BCUT2D eigenvalue weighted by molar-refractivity contribution is 5.98. The predicted octanol–water partition coefficient (Wildman–Crippen LogP) is 2.46. The normalized spacial score (nSPS) is 10.3. The maximum atomic E-state index is 12.6. The van der Waals surface area contributed by atoms with Crippen LogP contribution in [-0.4, -0.2) is 64.0 Å². The number of hydrogen-bond donors (Lipinski definition) is 0. The van der Waals surface area contributed by atoms with Gasteiger partial charge in [-0.05, 0) is 40.3 Å². The van der Waals surface area contributed by atoms with E-state index < -0.39 is 0 Å². The minimum Gasteiger partial charge on any atom is -0.497 e. The van der Waals surface area contributed by atoms with Gasteiger partial charge in [0, 0.05) is 24.6 Å². The maximum absolute atomic E-state index is 12.6. The predicted molar refractivity (Wildman–Crippen MR) is 92.4 cm³/mol. The summed E-state index contributed by atoms with van der Waals surface area (Å²) in [6, 6.07) is 7.36. The lowest BCUT2D eigenvalue weighted by atomic mass is 9.96. The largest absolute Gasteiger partial charge is 0.497 e. The number of rotatable bonds is 7. The van der Waals surface area contributed by atoms with Crippen LogP contribution in [-0.2, 0) is 0 Å². The summed E-state index contributed by atoms with van der Waals surface area (Å²) >= 11 is 0. The molecule has 0 fully saturated rings. The molecule has 21 heavy (non-hydrogen) atoms. The molecule has 0 N–H and O–H groups in total. The first-order valence-electron chi connectivity index (χ1n) is 6.41. The number of ether oxygens (including phenoxy) is 1. The smallest absolute Gasteiger partial charge is 0.168 e. The molecule has 0 saturated carbocycles. The van der Waals surface area contributed by atoms with Gasteiger partial charge in [0.1, 0.15) is 5.75 Å². The van der Waals surface area contributed by atoms with Crippen molar-refractivity contribution in [2.24, 2.45) is 5.92 Å². The van der Waals surface area contributed by atoms with E-state index in [-0.39, 0.29) is 36.5 Å². The standard InChI is InChI=1S/C15H24N2O2.2ClH/c1-16(2)10-13(11-17(3)4)15(18)12-7-6-8-14(9-12)19-5;;/h6-9,13H,10-11H2,1-5H3;2*1H. The van der Waals surface area contributed by atoms with E-state index in [1.54, 1.807) is 13.2 Å². The van der Waals surface area contributed by atoms with Crippen LogP contribution in [0.5, 0.6) is 5.75 Å². The number of methoxy groups -OCH3 is 1. The monoisotopic (exact) mass is 336 g/mol.